The van der Waals surface area contributed by atoms with Gasteiger partial charge in [-0.3, -0.25) is 14.4 Å². The number of benzene rings is 1. The van der Waals surface area contributed by atoms with E-state index in [1.165, 1.54) is 0 Å². The molecule has 0 radical (unpaired) electrons. The molecule has 2 atom stereocenters. The molecule has 0 unspecified atom stereocenters. The molecule has 44 heavy (non-hydrogen) atoms. The number of likely N-dealkylation sites (N-methyl/N-ethyl adjacent to an activating group) is 1. The predicted octanol–water partition coefficient (Wildman–Crippen LogP) is 1.90. The number of nitrogens with zero attached hydrogens (tertiary/aromatic N) is 3. The molecule has 2 aromatic rings. The number of aromatic nitrogens is 1. The third-order valence-electron chi connectivity index (χ3n) is 8.62. The minimum absolute atomic E-state index is 0.0730. The van der Waals surface area contributed by atoms with Crippen molar-refractivity contribution in [1.29, 1.82) is 0 Å². The van der Waals surface area contributed by atoms with Gasteiger partial charge in [0.1, 0.15) is 11.7 Å². The molecule has 2 heterocycles. The number of aliphatic hydroxyl groups is 1. The van der Waals surface area contributed by atoms with E-state index in [0.29, 0.717) is 30.6 Å². The van der Waals surface area contributed by atoms with Crippen molar-refractivity contribution in [2.24, 2.45) is 5.92 Å². The molecule has 0 bridgehead atoms. The highest BCUT2D eigenvalue weighted by Crippen LogP contribution is 2.28. The molecule has 2 aliphatic rings. The van der Waals surface area contributed by atoms with Crippen LogP contribution in [-0.2, 0) is 25.6 Å². The monoisotopic (exact) mass is 621 g/mol. The zero-order chi connectivity index (χ0) is 31.6. The zero-order valence-corrected chi connectivity index (χ0v) is 25.7. The summed E-state index contributed by atoms with van der Waals surface area (Å²) in [4.78, 5) is 43.6. The van der Waals surface area contributed by atoms with E-state index in [4.69, 9.17) is 14.6 Å². The molecule has 1 saturated carbocycles. The number of aliphatic hydroxyl groups excluding tert-OH is 1. The predicted molar refractivity (Wildman–Crippen MR) is 160 cm³/mol. The van der Waals surface area contributed by atoms with Gasteiger partial charge in [0.2, 0.25) is 11.8 Å². The summed E-state index contributed by atoms with van der Waals surface area (Å²) in [5, 5.41) is 15.1. The lowest BCUT2D eigenvalue weighted by molar-refractivity contribution is -0.140. The van der Waals surface area contributed by atoms with Gasteiger partial charge in [0.05, 0.1) is 44.6 Å². The van der Waals surface area contributed by atoms with Crippen LogP contribution in [0.25, 0.3) is 10.9 Å². The Labute approximate surface area is 256 Å². The fourth-order valence-corrected chi connectivity index (χ4v) is 5.96. The van der Waals surface area contributed by atoms with Gasteiger partial charge in [-0.15, -0.1) is 0 Å². The average Bonchev–Trinajstić information content (AvgIpc) is 3.39. The van der Waals surface area contributed by atoms with Gasteiger partial charge in [-0.25, -0.2) is 8.78 Å². The van der Waals surface area contributed by atoms with Gasteiger partial charge in [0.25, 0.3) is 5.91 Å². The molecular formula is C31H45F2N5O6. The Morgan fingerprint density at radius 1 is 0.932 bits per heavy atom. The molecule has 1 aromatic carbocycles. The molecule has 0 spiro atoms. The van der Waals surface area contributed by atoms with Crippen LogP contribution in [0.3, 0.4) is 0 Å². The van der Waals surface area contributed by atoms with Gasteiger partial charge >= 0.3 is 0 Å². The largest absolute Gasteiger partial charge is 0.394 e. The Morgan fingerprint density at radius 3 is 2.23 bits per heavy atom. The van der Waals surface area contributed by atoms with E-state index >= 15 is 0 Å². The van der Waals surface area contributed by atoms with Gasteiger partial charge in [0, 0.05) is 44.2 Å². The normalized spacial score (nSPS) is 17.6. The molecule has 4 rings (SSSR count). The number of halogens is 2. The van der Waals surface area contributed by atoms with Crippen molar-refractivity contribution in [2.75, 3.05) is 66.3 Å². The fraction of sp³-hybridized carbons (Fsp3) is 0.645. The molecule has 1 aromatic heterocycles. The highest BCUT2D eigenvalue weighted by Gasteiger charge is 2.36. The number of nitrogens with one attached hydrogen (secondary N) is 2. The second kappa shape index (κ2) is 16.3. The molecule has 1 aliphatic heterocycles. The lowest BCUT2D eigenvalue weighted by Gasteiger charge is -2.39. The average molecular weight is 622 g/mol. The van der Waals surface area contributed by atoms with Gasteiger partial charge in [-0.1, -0.05) is 19.3 Å². The summed E-state index contributed by atoms with van der Waals surface area (Å²) in [6.07, 6.45) is 4.94. The van der Waals surface area contributed by atoms with Crippen LogP contribution in [0, 0.1) is 17.6 Å². The first-order valence-electron chi connectivity index (χ1n) is 15.6. The molecular weight excluding hydrogens is 576 g/mol. The molecule has 3 N–H and O–H groups in total. The van der Waals surface area contributed by atoms with E-state index in [9.17, 15) is 23.2 Å². The standard InChI is InChI=1S/C31H45F2N5O6/c1-21(34-2)29(40)35-28(22-6-4-3-5-7-22)31(42)37-10-8-36(9-11-37)30(41)27-19-23-18-24(32)25(33)20-26(23)38(27)12-14-43-16-17-44-15-13-39/h18-22,28,34,39H,3-17H2,1-2H3,(H,35,40)/t21-,28-/m0/s1. The molecule has 3 amide bonds. The summed E-state index contributed by atoms with van der Waals surface area (Å²) in [5.41, 5.74) is 0.654. The lowest BCUT2D eigenvalue weighted by atomic mass is 9.83. The van der Waals surface area contributed by atoms with Crippen LogP contribution < -0.4 is 10.6 Å². The highest BCUT2D eigenvalue weighted by atomic mass is 19.2. The van der Waals surface area contributed by atoms with Crippen LogP contribution >= 0.6 is 0 Å². The number of rotatable bonds is 14. The van der Waals surface area contributed by atoms with Crippen molar-refractivity contribution in [3.8, 4) is 0 Å². The van der Waals surface area contributed by atoms with E-state index in [0.717, 1.165) is 44.2 Å². The lowest BCUT2D eigenvalue weighted by Crippen LogP contribution is -2.59. The Morgan fingerprint density at radius 2 is 1.57 bits per heavy atom. The summed E-state index contributed by atoms with van der Waals surface area (Å²) in [6, 6.07) is 2.67. The molecule has 11 nitrogen and oxygen atoms in total. The van der Waals surface area contributed by atoms with Crippen molar-refractivity contribution in [1.82, 2.24) is 25.0 Å². The second-order valence-electron chi connectivity index (χ2n) is 11.5. The third-order valence-corrected chi connectivity index (χ3v) is 8.62. The molecule has 1 aliphatic carbocycles. The Kier molecular flexibility index (Phi) is 12.5. The first-order valence-corrected chi connectivity index (χ1v) is 15.6. The number of carbonyl (C=O) groups excluding carboxylic acids is 3. The SMILES string of the molecule is CN[C@@H](C)C(=O)N[C@H](C(=O)N1CCN(C(=O)c2cc3cc(F)c(F)cc3n2CCOCCOCCO)CC1)C1CCCCC1. The number of hydrogen-bond acceptors (Lipinski definition) is 7. The van der Waals surface area contributed by atoms with Crippen LogP contribution in [-0.4, -0.2) is 116 Å². The van der Waals surface area contributed by atoms with Crippen molar-refractivity contribution < 1.29 is 37.7 Å². The summed E-state index contributed by atoms with van der Waals surface area (Å²) in [5.74, 6) is -2.58. The maximum Gasteiger partial charge on any atom is 0.270 e. The first kappa shape index (κ1) is 33.8. The zero-order valence-electron chi connectivity index (χ0n) is 25.7. The van der Waals surface area contributed by atoms with Gasteiger partial charge < -0.3 is 39.6 Å². The number of amides is 3. The van der Waals surface area contributed by atoms with E-state index in [-0.39, 0.29) is 75.4 Å². The Balaban J connectivity index is 1.44. The summed E-state index contributed by atoms with van der Waals surface area (Å²) < 4.78 is 40.7. The van der Waals surface area contributed by atoms with E-state index in [1.807, 2.05) is 0 Å². The van der Waals surface area contributed by atoms with Crippen LogP contribution in [0.5, 0.6) is 0 Å². The van der Waals surface area contributed by atoms with Crippen LogP contribution in [0.2, 0.25) is 0 Å². The number of hydrogen-bond donors (Lipinski definition) is 3. The Hall–Kier alpha value is -3.13. The van der Waals surface area contributed by atoms with E-state index in [2.05, 4.69) is 10.6 Å². The van der Waals surface area contributed by atoms with Crippen molar-refractivity contribution in [3.05, 3.63) is 35.5 Å². The summed E-state index contributed by atoms with van der Waals surface area (Å²) in [6.45, 7) is 4.06. The van der Waals surface area contributed by atoms with E-state index < -0.39 is 23.7 Å². The van der Waals surface area contributed by atoms with Crippen molar-refractivity contribution in [3.63, 3.8) is 0 Å². The Bertz CT molecular complexity index is 1280. The van der Waals surface area contributed by atoms with Crippen LogP contribution in [0.15, 0.2) is 18.2 Å². The topological polar surface area (TPSA) is 125 Å². The minimum Gasteiger partial charge on any atom is -0.394 e. The van der Waals surface area contributed by atoms with Crippen molar-refractivity contribution in [2.45, 2.75) is 57.7 Å². The van der Waals surface area contributed by atoms with Crippen molar-refractivity contribution >= 4 is 28.6 Å². The molecule has 2 fully saturated rings. The fourth-order valence-electron chi connectivity index (χ4n) is 5.96. The quantitative estimate of drug-likeness (QED) is 0.275. The summed E-state index contributed by atoms with van der Waals surface area (Å²) in [7, 11) is 1.70. The maximum atomic E-state index is 14.2. The summed E-state index contributed by atoms with van der Waals surface area (Å²) >= 11 is 0. The third kappa shape index (κ3) is 8.32. The molecule has 1 saturated heterocycles. The van der Waals surface area contributed by atoms with E-state index in [1.54, 1.807) is 34.4 Å². The van der Waals surface area contributed by atoms with Gasteiger partial charge in [0.15, 0.2) is 11.6 Å². The smallest absolute Gasteiger partial charge is 0.270 e. The number of fused-ring (bicyclic) bond motifs is 1. The molecule has 244 valence electrons. The maximum absolute atomic E-state index is 14.2. The van der Waals surface area contributed by atoms with Gasteiger partial charge in [-0.05, 0) is 44.9 Å². The number of piperazine rings is 1. The molecule has 13 heteroatoms. The number of carbonyl (C=O) groups is 3. The second-order valence-corrected chi connectivity index (χ2v) is 11.5. The highest BCUT2D eigenvalue weighted by molar-refractivity contribution is 5.99. The minimum atomic E-state index is -1.01. The van der Waals surface area contributed by atoms with Gasteiger partial charge in [-0.2, -0.15) is 0 Å². The number of ether oxygens (including phenoxy) is 2. The van der Waals surface area contributed by atoms with Crippen LogP contribution in [0.1, 0.15) is 49.5 Å². The first-order chi connectivity index (χ1) is 21.2. The van der Waals surface area contributed by atoms with Crippen LogP contribution in [0.4, 0.5) is 8.78 Å².